The molecule has 3 rings (SSSR count). The number of fused-ring (bicyclic) bond motifs is 1. The number of imidazole rings is 1. The summed E-state index contributed by atoms with van der Waals surface area (Å²) < 4.78 is 2.09. The smallest absolute Gasteiger partial charge is 0.318 e. The number of amides is 3. The Kier molecular flexibility index (Phi) is 10.5. The zero-order valence-corrected chi connectivity index (χ0v) is 23.4. The molecule has 0 atom stereocenters. The molecule has 2 aromatic carbocycles. The molecule has 9 heteroatoms. The Hall–Kier alpha value is -3.59. The molecule has 0 bridgehead atoms. The largest absolute Gasteiger partial charge is 0.341 e. The highest BCUT2D eigenvalue weighted by atomic mass is 16.2. The van der Waals surface area contributed by atoms with Gasteiger partial charge in [0.25, 0.3) is 5.91 Å². The number of carbonyl (C=O) groups excluding carboxylic acids is 2. The van der Waals surface area contributed by atoms with Gasteiger partial charge >= 0.3 is 6.03 Å². The summed E-state index contributed by atoms with van der Waals surface area (Å²) in [7, 11) is 1.57. The molecule has 0 aliphatic carbocycles. The number of rotatable bonds is 13. The van der Waals surface area contributed by atoms with Gasteiger partial charge in [-0.05, 0) is 80.1 Å². The van der Waals surface area contributed by atoms with Gasteiger partial charge in [0.15, 0.2) is 0 Å². The highest BCUT2D eigenvalue weighted by Crippen LogP contribution is 2.26. The van der Waals surface area contributed by atoms with E-state index in [0.717, 1.165) is 49.1 Å². The van der Waals surface area contributed by atoms with Gasteiger partial charge in [0.05, 0.1) is 11.0 Å². The molecule has 5 N–H and O–H groups in total. The molecule has 38 heavy (non-hydrogen) atoms. The normalized spacial score (nSPS) is 11.3. The molecule has 3 amide bonds. The minimum absolute atomic E-state index is 0.0634. The SMILES string of the molecule is CNC(=O)Nc1ccc(Nc2nc3ccc(C(=O)N(CCC(C)C)CCC(C)C)cc3n2CCCN)cc1. The lowest BCUT2D eigenvalue weighted by Gasteiger charge is -2.24. The fourth-order valence-electron chi connectivity index (χ4n) is 4.11. The van der Waals surface area contributed by atoms with Gasteiger partial charge in [0.2, 0.25) is 5.95 Å². The number of urea groups is 1. The van der Waals surface area contributed by atoms with Crippen molar-refractivity contribution < 1.29 is 9.59 Å². The highest BCUT2D eigenvalue weighted by Gasteiger charge is 2.19. The summed E-state index contributed by atoms with van der Waals surface area (Å²) in [4.78, 5) is 32.0. The predicted octanol–water partition coefficient (Wildman–Crippen LogP) is 5.41. The van der Waals surface area contributed by atoms with Crippen LogP contribution in [0.3, 0.4) is 0 Å². The first kappa shape index (κ1) is 29.0. The van der Waals surface area contributed by atoms with Crippen molar-refractivity contribution in [1.29, 1.82) is 0 Å². The van der Waals surface area contributed by atoms with Crippen molar-refractivity contribution >= 4 is 40.3 Å². The van der Waals surface area contributed by atoms with Gasteiger partial charge in [-0.3, -0.25) is 4.79 Å². The molecule has 0 aliphatic rings. The van der Waals surface area contributed by atoms with Gasteiger partial charge in [0.1, 0.15) is 0 Å². The Bertz CT molecular complexity index is 1190. The van der Waals surface area contributed by atoms with Crippen LogP contribution in [0.5, 0.6) is 0 Å². The third kappa shape index (κ3) is 7.95. The molecule has 206 valence electrons. The van der Waals surface area contributed by atoms with Crippen LogP contribution in [0.15, 0.2) is 42.5 Å². The third-order valence-corrected chi connectivity index (χ3v) is 6.45. The van der Waals surface area contributed by atoms with E-state index in [9.17, 15) is 9.59 Å². The van der Waals surface area contributed by atoms with Gasteiger partial charge in [-0.1, -0.05) is 27.7 Å². The van der Waals surface area contributed by atoms with Crippen molar-refractivity contribution in [2.45, 2.75) is 53.5 Å². The van der Waals surface area contributed by atoms with E-state index in [1.807, 2.05) is 47.4 Å². The minimum atomic E-state index is -0.272. The van der Waals surface area contributed by atoms with E-state index in [2.05, 4.69) is 48.2 Å². The quantitative estimate of drug-likeness (QED) is 0.240. The minimum Gasteiger partial charge on any atom is -0.341 e. The van der Waals surface area contributed by atoms with Crippen LogP contribution in [0.2, 0.25) is 0 Å². The van der Waals surface area contributed by atoms with Gasteiger partial charge in [-0.2, -0.15) is 0 Å². The van der Waals surface area contributed by atoms with Crippen LogP contribution >= 0.6 is 0 Å². The van der Waals surface area contributed by atoms with Crippen LogP contribution in [-0.4, -0.2) is 53.1 Å². The lowest BCUT2D eigenvalue weighted by Crippen LogP contribution is -2.34. The summed E-state index contributed by atoms with van der Waals surface area (Å²) in [6, 6.07) is 12.9. The maximum absolute atomic E-state index is 13.6. The summed E-state index contributed by atoms with van der Waals surface area (Å²) in [5.74, 6) is 1.81. The van der Waals surface area contributed by atoms with Crippen molar-refractivity contribution in [3.8, 4) is 0 Å². The lowest BCUT2D eigenvalue weighted by molar-refractivity contribution is 0.0741. The average Bonchev–Trinajstić information content (AvgIpc) is 3.23. The molecule has 9 nitrogen and oxygen atoms in total. The van der Waals surface area contributed by atoms with Gasteiger partial charge in [-0.15, -0.1) is 0 Å². The van der Waals surface area contributed by atoms with Crippen molar-refractivity contribution in [2.75, 3.05) is 37.3 Å². The Labute approximate surface area is 226 Å². The molecule has 0 spiro atoms. The van der Waals surface area contributed by atoms with Crippen LogP contribution in [0, 0.1) is 11.8 Å². The number of benzene rings is 2. The van der Waals surface area contributed by atoms with E-state index in [-0.39, 0.29) is 11.9 Å². The summed E-state index contributed by atoms with van der Waals surface area (Å²) in [5, 5.41) is 8.68. The van der Waals surface area contributed by atoms with Crippen LogP contribution < -0.4 is 21.7 Å². The lowest BCUT2D eigenvalue weighted by atomic mass is 10.1. The molecule has 3 aromatic rings. The Morgan fingerprint density at radius 3 is 2.18 bits per heavy atom. The zero-order chi connectivity index (χ0) is 27.7. The second-order valence-corrected chi connectivity index (χ2v) is 10.5. The number of nitrogens with zero attached hydrogens (tertiary/aromatic N) is 3. The molecule has 0 unspecified atom stereocenters. The van der Waals surface area contributed by atoms with Crippen LogP contribution in [0.4, 0.5) is 22.1 Å². The molecule has 0 aliphatic heterocycles. The second-order valence-electron chi connectivity index (χ2n) is 10.5. The first-order valence-electron chi connectivity index (χ1n) is 13.6. The van der Waals surface area contributed by atoms with Crippen molar-refractivity contribution in [3.05, 3.63) is 48.0 Å². The Morgan fingerprint density at radius 1 is 0.974 bits per heavy atom. The number of nitrogens with two attached hydrogens (primary N) is 1. The van der Waals surface area contributed by atoms with Crippen molar-refractivity contribution in [2.24, 2.45) is 17.6 Å². The number of nitrogens with one attached hydrogen (secondary N) is 3. The van der Waals surface area contributed by atoms with Gasteiger partial charge < -0.3 is 31.2 Å². The monoisotopic (exact) mass is 521 g/mol. The van der Waals surface area contributed by atoms with E-state index in [0.29, 0.717) is 42.1 Å². The van der Waals surface area contributed by atoms with Gasteiger partial charge in [0, 0.05) is 43.6 Å². The maximum Gasteiger partial charge on any atom is 0.318 e. The van der Waals surface area contributed by atoms with E-state index < -0.39 is 0 Å². The summed E-state index contributed by atoms with van der Waals surface area (Å²) in [5.41, 5.74) is 9.75. The fraction of sp³-hybridized carbons (Fsp3) is 0.483. The molecule has 0 saturated heterocycles. The van der Waals surface area contributed by atoms with E-state index >= 15 is 0 Å². The number of hydrogen-bond donors (Lipinski definition) is 4. The number of hydrogen-bond acceptors (Lipinski definition) is 5. The standard InChI is InChI=1S/C29H43N7O2/c1-20(2)13-17-35(18-14-21(3)4)27(37)22-7-12-25-26(19-22)36(16-6-15-30)28(34-25)32-23-8-10-24(11-9-23)33-29(38)31-5/h7-12,19-21H,6,13-18,30H2,1-5H3,(H,32,34)(H2,31,33,38). The average molecular weight is 522 g/mol. The molecule has 0 fully saturated rings. The summed E-state index contributed by atoms with van der Waals surface area (Å²) >= 11 is 0. The zero-order valence-electron chi connectivity index (χ0n) is 23.4. The number of anilines is 3. The van der Waals surface area contributed by atoms with Crippen molar-refractivity contribution in [3.63, 3.8) is 0 Å². The maximum atomic E-state index is 13.6. The van der Waals surface area contributed by atoms with E-state index in [4.69, 9.17) is 10.7 Å². The first-order chi connectivity index (χ1) is 18.2. The predicted molar refractivity (Wildman–Crippen MR) is 156 cm³/mol. The Morgan fingerprint density at radius 2 is 1.61 bits per heavy atom. The topological polar surface area (TPSA) is 117 Å². The molecule has 0 radical (unpaired) electrons. The molecule has 1 heterocycles. The molecular formula is C29H43N7O2. The van der Waals surface area contributed by atoms with E-state index in [1.54, 1.807) is 7.05 Å². The molecular weight excluding hydrogens is 478 g/mol. The molecule has 1 aromatic heterocycles. The number of aromatic nitrogens is 2. The molecule has 0 saturated carbocycles. The van der Waals surface area contributed by atoms with Crippen LogP contribution in [-0.2, 0) is 6.54 Å². The summed E-state index contributed by atoms with van der Waals surface area (Å²) in [6.45, 7) is 11.5. The van der Waals surface area contributed by atoms with Gasteiger partial charge in [-0.25, -0.2) is 9.78 Å². The van der Waals surface area contributed by atoms with Crippen molar-refractivity contribution in [1.82, 2.24) is 19.8 Å². The van der Waals surface area contributed by atoms with E-state index in [1.165, 1.54) is 0 Å². The fourth-order valence-corrected chi connectivity index (χ4v) is 4.11. The Balaban J connectivity index is 1.89. The first-order valence-corrected chi connectivity index (χ1v) is 13.6. The van der Waals surface area contributed by atoms with Crippen LogP contribution in [0.25, 0.3) is 11.0 Å². The highest BCUT2D eigenvalue weighted by molar-refractivity contribution is 5.98. The third-order valence-electron chi connectivity index (χ3n) is 6.45. The number of aryl methyl sites for hydroxylation is 1. The van der Waals surface area contributed by atoms with Crippen LogP contribution in [0.1, 0.15) is 57.3 Å². The number of carbonyl (C=O) groups is 2. The summed E-state index contributed by atoms with van der Waals surface area (Å²) in [6.07, 6.45) is 2.74. The second kappa shape index (κ2) is 13.8.